The van der Waals surface area contributed by atoms with Crippen molar-refractivity contribution in [2.24, 2.45) is 7.05 Å². The summed E-state index contributed by atoms with van der Waals surface area (Å²) in [5, 5.41) is 5.21. The zero-order valence-corrected chi connectivity index (χ0v) is 12.4. The third kappa shape index (κ3) is 2.48. The summed E-state index contributed by atoms with van der Waals surface area (Å²) in [4.78, 5) is 2.42. The molecule has 3 rings (SSSR count). The number of piperidine rings is 1. The number of hydrogen-bond acceptors (Lipinski definition) is 3. The minimum atomic E-state index is 0.657. The van der Waals surface area contributed by atoms with Gasteiger partial charge in [0.2, 0.25) is 0 Å². The smallest absolute Gasteiger partial charge is 0.121 e. The van der Waals surface area contributed by atoms with Crippen molar-refractivity contribution in [3.05, 3.63) is 29.3 Å². The molecule has 2 N–H and O–H groups in total. The van der Waals surface area contributed by atoms with Gasteiger partial charge in [0.1, 0.15) is 5.82 Å². The minimum Gasteiger partial charge on any atom is -0.384 e. The van der Waals surface area contributed by atoms with Crippen LogP contribution in [0.15, 0.2) is 24.3 Å². The van der Waals surface area contributed by atoms with Gasteiger partial charge in [0.25, 0.3) is 0 Å². The number of benzene rings is 1. The number of nitrogens with two attached hydrogens (primary N) is 1. The Morgan fingerprint density at radius 3 is 2.55 bits per heavy atom. The molecule has 0 spiro atoms. The summed E-state index contributed by atoms with van der Waals surface area (Å²) in [6.07, 6.45) is 3.80. The van der Waals surface area contributed by atoms with Crippen LogP contribution in [0.1, 0.15) is 19.3 Å². The van der Waals surface area contributed by atoms with Crippen LogP contribution in [0.5, 0.6) is 0 Å². The molecule has 0 amide bonds. The molecule has 1 fully saturated rings. The molecule has 0 saturated carbocycles. The van der Waals surface area contributed by atoms with E-state index in [4.69, 9.17) is 17.3 Å². The van der Waals surface area contributed by atoms with Crippen LogP contribution in [0.3, 0.4) is 0 Å². The fourth-order valence-corrected chi connectivity index (χ4v) is 2.91. The molecule has 1 aromatic carbocycles. The number of hydrogen-bond donors (Lipinski definition) is 1. The summed E-state index contributed by atoms with van der Waals surface area (Å²) < 4.78 is 1.69. The number of aromatic nitrogens is 2. The molecule has 1 aliphatic heterocycles. The van der Waals surface area contributed by atoms with Crippen LogP contribution in [0, 0.1) is 0 Å². The predicted octanol–water partition coefficient (Wildman–Crippen LogP) is 3.31. The van der Waals surface area contributed by atoms with Crippen LogP contribution in [-0.2, 0) is 7.05 Å². The first-order valence-electron chi connectivity index (χ1n) is 6.99. The molecule has 2 aromatic rings. The van der Waals surface area contributed by atoms with E-state index in [0.717, 1.165) is 29.4 Å². The van der Waals surface area contributed by atoms with Crippen molar-refractivity contribution in [2.75, 3.05) is 23.7 Å². The molecule has 2 heterocycles. The van der Waals surface area contributed by atoms with Crippen LogP contribution in [-0.4, -0.2) is 22.9 Å². The van der Waals surface area contributed by atoms with Crippen molar-refractivity contribution in [3.63, 3.8) is 0 Å². The molecular weight excluding hydrogens is 272 g/mol. The molecule has 1 aromatic heterocycles. The van der Waals surface area contributed by atoms with Crippen LogP contribution >= 0.6 is 11.6 Å². The lowest BCUT2D eigenvalue weighted by Crippen LogP contribution is -2.29. The van der Waals surface area contributed by atoms with Crippen molar-refractivity contribution >= 4 is 23.1 Å². The van der Waals surface area contributed by atoms with E-state index in [2.05, 4.69) is 16.1 Å². The molecule has 106 valence electrons. The van der Waals surface area contributed by atoms with Gasteiger partial charge >= 0.3 is 0 Å². The van der Waals surface area contributed by atoms with Gasteiger partial charge in [-0.3, -0.25) is 4.68 Å². The zero-order valence-electron chi connectivity index (χ0n) is 11.6. The van der Waals surface area contributed by atoms with E-state index in [0.29, 0.717) is 5.82 Å². The highest BCUT2D eigenvalue weighted by Gasteiger charge is 2.17. The Balaban J connectivity index is 2.05. The maximum absolute atomic E-state index is 6.17. The van der Waals surface area contributed by atoms with Crippen molar-refractivity contribution in [1.29, 1.82) is 0 Å². The average Bonchev–Trinajstić information content (AvgIpc) is 2.79. The summed E-state index contributed by atoms with van der Waals surface area (Å²) >= 11 is 6.17. The maximum atomic E-state index is 6.17. The molecule has 0 radical (unpaired) electrons. The monoisotopic (exact) mass is 290 g/mol. The summed E-state index contributed by atoms with van der Waals surface area (Å²) in [7, 11) is 1.85. The number of halogens is 1. The molecule has 0 bridgehead atoms. The fraction of sp³-hybridized carbons (Fsp3) is 0.400. The number of rotatable bonds is 2. The van der Waals surface area contributed by atoms with Gasteiger partial charge in [-0.15, -0.1) is 0 Å². The van der Waals surface area contributed by atoms with Crippen LogP contribution in [0.25, 0.3) is 11.3 Å². The Hall–Kier alpha value is -1.68. The summed E-state index contributed by atoms with van der Waals surface area (Å²) in [5.74, 6) is 0.657. The Labute approximate surface area is 124 Å². The number of nitrogens with zero attached hydrogens (tertiary/aromatic N) is 3. The minimum absolute atomic E-state index is 0.657. The number of aryl methyl sites for hydroxylation is 1. The van der Waals surface area contributed by atoms with Crippen molar-refractivity contribution in [3.8, 4) is 11.3 Å². The topological polar surface area (TPSA) is 47.1 Å². The first kappa shape index (κ1) is 13.3. The van der Waals surface area contributed by atoms with Gasteiger partial charge in [0.15, 0.2) is 0 Å². The second-order valence-corrected chi connectivity index (χ2v) is 5.72. The lowest BCUT2D eigenvalue weighted by Gasteiger charge is -2.30. The highest BCUT2D eigenvalue weighted by Crippen LogP contribution is 2.34. The van der Waals surface area contributed by atoms with E-state index in [1.165, 1.54) is 24.9 Å². The average molecular weight is 291 g/mol. The summed E-state index contributed by atoms with van der Waals surface area (Å²) in [6, 6.07) is 7.92. The second kappa shape index (κ2) is 5.37. The summed E-state index contributed by atoms with van der Waals surface area (Å²) in [6.45, 7) is 2.19. The van der Waals surface area contributed by atoms with Gasteiger partial charge in [-0.25, -0.2) is 0 Å². The molecule has 0 aliphatic carbocycles. The molecule has 1 saturated heterocycles. The van der Waals surface area contributed by atoms with E-state index < -0.39 is 0 Å². The molecule has 0 unspecified atom stereocenters. The van der Waals surface area contributed by atoms with Crippen molar-refractivity contribution < 1.29 is 0 Å². The molecule has 0 atom stereocenters. The first-order valence-corrected chi connectivity index (χ1v) is 7.37. The Morgan fingerprint density at radius 1 is 1.15 bits per heavy atom. The maximum Gasteiger partial charge on any atom is 0.121 e. The highest BCUT2D eigenvalue weighted by molar-refractivity contribution is 6.31. The Bertz CT molecular complexity index is 595. The fourth-order valence-electron chi connectivity index (χ4n) is 2.74. The largest absolute Gasteiger partial charge is 0.384 e. The van der Waals surface area contributed by atoms with Gasteiger partial charge in [0.05, 0.1) is 5.69 Å². The Kier molecular flexibility index (Phi) is 3.57. The van der Waals surface area contributed by atoms with Gasteiger partial charge in [0, 0.05) is 42.5 Å². The van der Waals surface area contributed by atoms with Crippen LogP contribution in [0.2, 0.25) is 5.02 Å². The van der Waals surface area contributed by atoms with E-state index >= 15 is 0 Å². The molecule has 1 aliphatic rings. The lowest BCUT2D eigenvalue weighted by atomic mass is 10.1. The summed E-state index contributed by atoms with van der Waals surface area (Å²) in [5.41, 5.74) is 9.04. The SMILES string of the molecule is Cn1nc(-c2cc(Cl)ccc2N2CCCCC2)cc1N. The third-order valence-corrected chi connectivity index (χ3v) is 4.08. The van der Waals surface area contributed by atoms with Gasteiger partial charge < -0.3 is 10.6 Å². The van der Waals surface area contributed by atoms with Gasteiger partial charge in [-0.05, 0) is 37.5 Å². The Morgan fingerprint density at radius 2 is 1.90 bits per heavy atom. The quantitative estimate of drug-likeness (QED) is 0.923. The second-order valence-electron chi connectivity index (χ2n) is 5.29. The molecule has 5 heteroatoms. The van der Waals surface area contributed by atoms with Crippen LogP contribution < -0.4 is 10.6 Å². The van der Waals surface area contributed by atoms with E-state index in [9.17, 15) is 0 Å². The third-order valence-electron chi connectivity index (χ3n) is 3.85. The van der Waals surface area contributed by atoms with E-state index in [-0.39, 0.29) is 0 Å². The van der Waals surface area contributed by atoms with Gasteiger partial charge in [-0.1, -0.05) is 11.6 Å². The molecular formula is C15H19ClN4. The standard InChI is InChI=1S/C15H19ClN4/c1-19-15(17)10-13(18-19)12-9-11(16)5-6-14(12)20-7-3-2-4-8-20/h5-6,9-10H,2-4,7-8,17H2,1H3. The van der Waals surface area contributed by atoms with Crippen LogP contribution in [0.4, 0.5) is 11.5 Å². The van der Waals surface area contributed by atoms with E-state index in [1.54, 1.807) is 4.68 Å². The first-order chi connectivity index (χ1) is 9.65. The predicted molar refractivity (Wildman–Crippen MR) is 84.1 cm³/mol. The molecule has 20 heavy (non-hydrogen) atoms. The zero-order chi connectivity index (χ0) is 14.1. The molecule has 4 nitrogen and oxygen atoms in total. The lowest BCUT2D eigenvalue weighted by molar-refractivity contribution is 0.578. The number of nitrogen functional groups attached to an aromatic ring is 1. The van der Waals surface area contributed by atoms with Gasteiger partial charge in [-0.2, -0.15) is 5.10 Å². The normalized spacial score (nSPS) is 15.6. The van der Waals surface area contributed by atoms with Crippen molar-refractivity contribution in [1.82, 2.24) is 9.78 Å². The number of anilines is 2. The van der Waals surface area contributed by atoms with E-state index in [1.807, 2.05) is 25.2 Å². The van der Waals surface area contributed by atoms with Crippen molar-refractivity contribution in [2.45, 2.75) is 19.3 Å². The highest BCUT2D eigenvalue weighted by atomic mass is 35.5.